The molecule has 4 nitrogen and oxygen atoms in total. The Morgan fingerprint density at radius 3 is 2.73 bits per heavy atom. The quantitative estimate of drug-likeness (QED) is 0.310. The van der Waals surface area contributed by atoms with Gasteiger partial charge in [0.15, 0.2) is 5.96 Å². The van der Waals surface area contributed by atoms with Gasteiger partial charge in [0.05, 0.1) is 6.10 Å². The summed E-state index contributed by atoms with van der Waals surface area (Å²) in [4.78, 5) is 4.43. The fourth-order valence-electron chi connectivity index (χ4n) is 4.83. The Balaban J connectivity index is 0.00000176. The number of guanidine groups is 1. The number of rotatable bonds is 5. The summed E-state index contributed by atoms with van der Waals surface area (Å²) in [5.41, 5.74) is 0.405. The van der Waals surface area contributed by atoms with Gasteiger partial charge in [-0.2, -0.15) is 0 Å². The van der Waals surface area contributed by atoms with E-state index in [1.54, 1.807) is 0 Å². The first-order valence-corrected chi connectivity index (χ1v) is 8.90. The van der Waals surface area contributed by atoms with Crippen LogP contribution in [0.3, 0.4) is 0 Å². The van der Waals surface area contributed by atoms with Crippen LogP contribution in [0.4, 0.5) is 0 Å². The van der Waals surface area contributed by atoms with Gasteiger partial charge >= 0.3 is 0 Å². The Bertz CT molecular complexity index is 382. The zero-order valence-electron chi connectivity index (χ0n) is 14.1. The molecular formula is C17H32IN3O. The van der Waals surface area contributed by atoms with Crippen molar-refractivity contribution in [2.75, 3.05) is 20.2 Å². The van der Waals surface area contributed by atoms with Crippen molar-refractivity contribution < 1.29 is 4.74 Å². The zero-order valence-corrected chi connectivity index (χ0v) is 16.4. The fourth-order valence-corrected chi connectivity index (χ4v) is 4.83. The van der Waals surface area contributed by atoms with Crippen LogP contribution in [-0.4, -0.2) is 38.3 Å². The van der Waals surface area contributed by atoms with Gasteiger partial charge in [-0.3, -0.25) is 4.99 Å². The smallest absolute Gasteiger partial charge is 0.191 e. The lowest BCUT2D eigenvalue weighted by Gasteiger charge is -2.57. The van der Waals surface area contributed by atoms with Gasteiger partial charge in [0.1, 0.15) is 0 Å². The van der Waals surface area contributed by atoms with Crippen LogP contribution in [0.1, 0.15) is 58.3 Å². The number of hydrogen-bond acceptors (Lipinski definition) is 2. The van der Waals surface area contributed by atoms with Crippen molar-refractivity contribution in [1.82, 2.24) is 10.6 Å². The highest BCUT2D eigenvalue weighted by atomic mass is 127. The summed E-state index contributed by atoms with van der Waals surface area (Å²) in [7, 11) is 1.89. The van der Waals surface area contributed by atoms with E-state index < -0.39 is 0 Å². The molecule has 0 bridgehead atoms. The number of unbranched alkanes of at least 4 members (excludes halogenated alkanes) is 2. The molecule has 1 saturated heterocycles. The SMILES string of the molecule is CCCCCNC(=NC)NC1C2CCOC2C12CCCC2.I. The van der Waals surface area contributed by atoms with Crippen LogP contribution in [0.15, 0.2) is 4.99 Å². The van der Waals surface area contributed by atoms with E-state index in [0.717, 1.165) is 19.1 Å². The first-order chi connectivity index (χ1) is 10.3. The van der Waals surface area contributed by atoms with Gasteiger partial charge in [0, 0.05) is 37.6 Å². The Kier molecular flexibility index (Phi) is 6.80. The molecule has 128 valence electrons. The molecule has 0 aromatic heterocycles. The third-order valence-electron chi connectivity index (χ3n) is 5.87. The number of fused-ring (bicyclic) bond motifs is 2. The van der Waals surface area contributed by atoms with Crippen molar-refractivity contribution in [2.24, 2.45) is 16.3 Å². The number of halogens is 1. The summed E-state index contributed by atoms with van der Waals surface area (Å²) in [6.45, 7) is 4.22. The zero-order chi connectivity index (χ0) is 14.7. The van der Waals surface area contributed by atoms with Gasteiger partial charge in [-0.1, -0.05) is 32.6 Å². The summed E-state index contributed by atoms with van der Waals surface area (Å²) in [5.74, 6) is 1.70. The first-order valence-electron chi connectivity index (χ1n) is 8.90. The molecule has 0 aromatic carbocycles. The summed E-state index contributed by atoms with van der Waals surface area (Å²) < 4.78 is 6.05. The second kappa shape index (κ2) is 8.18. The molecule has 0 aromatic rings. The second-order valence-corrected chi connectivity index (χ2v) is 7.01. The summed E-state index contributed by atoms with van der Waals surface area (Å²) in [6.07, 6.45) is 10.9. The van der Waals surface area contributed by atoms with Crippen molar-refractivity contribution in [2.45, 2.75) is 70.4 Å². The molecule has 1 spiro atoms. The van der Waals surface area contributed by atoms with Crippen LogP contribution in [0.5, 0.6) is 0 Å². The van der Waals surface area contributed by atoms with Crippen LogP contribution < -0.4 is 10.6 Å². The molecular weight excluding hydrogens is 389 g/mol. The predicted molar refractivity (Wildman–Crippen MR) is 102 cm³/mol. The Hall–Kier alpha value is -0.0400. The highest BCUT2D eigenvalue weighted by molar-refractivity contribution is 14.0. The van der Waals surface area contributed by atoms with E-state index >= 15 is 0 Å². The van der Waals surface area contributed by atoms with Crippen molar-refractivity contribution in [3.8, 4) is 0 Å². The minimum absolute atomic E-state index is 0. The van der Waals surface area contributed by atoms with E-state index in [1.165, 1.54) is 51.4 Å². The van der Waals surface area contributed by atoms with Crippen molar-refractivity contribution in [3.63, 3.8) is 0 Å². The number of nitrogens with one attached hydrogen (secondary N) is 2. The fraction of sp³-hybridized carbons (Fsp3) is 0.941. The minimum atomic E-state index is 0. The monoisotopic (exact) mass is 421 g/mol. The standard InChI is InChI=1S/C17H31N3O.HI/c1-3-4-7-11-19-16(18-2)20-14-13-8-12-21-15(13)17(14)9-5-6-10-17;/h13-15H,3-12H2,1-2H3,(H2,18,19,20);1H. The lowest BCUT2D eigenvalue weighted by atomic mass is 9.54. The number of nitrogens with zero attached hydrogens (tertiary/aromatic N) is 1. The first kappa shape index (κ1) is 18.3. The number of ether oxygens (including phenoxy) is 1. The van der Waals surface area contributed by atoms with E-state index in [4.69, 9.17) is 4.74 Å². The minimum Gasteiger partial charge on any atom is -0.377 e. The highest BCUT2D eigenvalue weighted by Gasteiger charge is 2.65. The lowest BCUT2D eigenvalue weighted by molar-refractivity contribution is -0.125. The van der Waals surface area contributed by atoms with Gasteiger partial charge in [-0.25, -0.2) is 0 Å². The van der Waals surface area contributed by atoms with Crippen LogP contribution in [0.2, 0.25) is 0 Å². The molecule has 0 radical (unpaired) electrons. The van der Waals surface area contributed by atoms with Crippen molar-refractivity contribution in [3.05, 3.63) is 0 Å². The molecule has 0 amide bonds. The van der Waals surface area contributed by atoms with E-state index in [2.05, 4.69) is 22.5 Å². The third kappa shape index (κ3) is 3.25. The Labute approximate surface area is 152 Å². The van der Waals surface area contributed by atoms with E-state index in [1.807, 2.05) is 7.05 Å². The van der Waals surface area contributed by atoms with E-state index in [9.17, 15) is 0 Å². The Morgan fingerprint density at radius 2 is 2.05 bits per heavy atom. The number of aliphatic imine (C=N–C) groups is 1. The molecule has 3 rings (SSSR count). The van der Waals surface area contributed by atoms with Crippen molar-refractivity contribution in [1.29, 1.82) is 0 Å². The molecule has 2 N–H and O–H groups in total. The number of hydrogen-bond donors (Lipinski definition) is 2. The molecule has 1 heterocycles. The molecule has 3 aliphatic rings. The normalized spacial score (nSPS) is 32.3. The maximum absolute atomic E-state index is 6.05. The van der Waals surface area contributed by atoms with Crippen LogP contribution in [0.25, 0.3) is 0 Å². The Morgan fingerprint density at radius 1 is 1.27 bits per heavy atom. The van der Waals surface area contributed by atoms with E-state index in [-0.39, 0.29) is 24.0 Å². The molecule has 22 heavy (non-hydrogen) atoms. The molecule has 1 aliphatic heterocycles. The topological polar surface area (TPSA) is 45.7 Å². The summed E-state index contributed by atoms with van der Waals surface area (Å²) in [6, 6.07) is 0.574. The second-order valence-electron chi connectivity index (χ2n) is 7.01. The average Bonchev–Trinajstić information content (AvgIpc) is 3.14. The van der Waals surface area contributed by atoms with Gasteiger partial charge in [-0.15, -0.1) is 24.0 Å². The van der Waals surface area contributed by atoms with Crippen LogP contribution >= 0.6 is 24.0 Å². The molecule has 5 heteroatoms. The molecule has 3 atom stereocenters. The lowest BCUT2D eigenvalue weighted by Crippen LogP contribution is -2.69. The molecule has 3 fully saturated rings. The highest BCUT2D eigenvalue weighted by Crippen LogP contribution is 2.60. The predicted octanol–water partition coefficient (Wildman–Crippen LogP) is 3.31. The summed E-state index contributed by atoms with van der Waals surface area (Å²) >= 11 is 0. The largest absolute Gasteiger partial charge is 0.377 e. The van der Waals surface area contributed by atoms with Crippen LogP contribution in [0, 0.1) is 11.3 Å². The van der Waals surface area contributed by atoms with Crippen molar-refractivity contribution >= 4 is 29.9 Å². The summed E-state index contributed by atoms with van der Waals surface area (Å²) in [5, 5.41) is 7.23. The average molecular weight is 421 g/mol. The van der Waals surface area contributed by atoms with Gasteiger partial charge in [-0.05, 0) is 25.7 Å². The maximum Gasteiger partial charge on any atom is 0.191 e. The van der Waals surface area contributed by atoms with Gasteiger partial charge in [0.2, 0.25) is 0 Å². The maximum atomic E-state index is 6.05. The van der Waals surface area contributed by atoms with Gasteiger partial charge < -0.3 is 15.4 Å². The third-order valence-corrected chi connectivity index (χ3v) is 5.87. The molecule has 3 unspecified atom stereocenters. The van der Waals surface area contributed by atoms with Crippen LogP contribution in [-0.2, 0) is 4.74 Å². The molecule has 2 aliphatic carbocycles. The van der Waals surface area contributed by atoms with Gasteiger partial charge in [0.25, 0.3) is 0 Å². The van der Waals surface area contributed by atoms with E-state index in [0.29, 0.717) is 23.5 Å². The molecule has 2 saturated carbocycles.